The van der Waals surface area contributed by atoms with E-state index in [1.54, 1.807) is 36.7 Å². The van der Waals surface area contributed by atoms with Gasteiger partial charge in [-0.15, -0.1) is 0 Å². The number of nitrogens with zero attached hydrogens (tertiary/aromatic N) is 2. The molecule has 0 spiro atoms. The summed E-state index contributed by atoms with van der Waals surface area (Å²) in [5, 5.41) is 11.2. The zero-order chi connectivity index (χ0) is 17.5. The van der Waals surface area contributed by atoms with Gasteiger partial charge in [-0.3, -0.25) is 4.98 Å². The number of pyridine rings is 1. The van der Waals surface area contributed by atoms with Gasteiger partial charge in [-0.2, -0.15) is 0 Å². The predicted molar refractivity (Wildman–Crippen MR) is 93.3 cm³/mol. The summed E-state index contributed by atoms with van der Waals surface area (Å²) in [4.78, 5) is 17.4. The molecule has 0 aliphatic carbocycles. The lowest BCUT2D eigenvalue weighted by atomic mass is 10.1. The van der Waals surface area contributed by atoms with Crippen LogP contribution in [0.25, 0.3) is 0 Å². The van der Waals surface area contributed by atoms with E-state index < -0.39 is 12.2 Å². The third kappa shape index (κ3) is 5.09. The molecule has 0 fully saturated rings. The van der Waals surface area contributed by atoms with Crippen LogP contribution in [0.15, 0.2) is 42.7 Å². The molecule has 1 N–H and O–H groups in total. The molecule has 1 amide bonds. The number of aliphatic hydroxyl groups is 1. The van der Waals surface area contributed by atoms with E-state index >= 15 is 0 Å². The molecule has 0 aliphatic heterocycles. The first-order valence-electron chi connectivity index (χ1n) is 7.36. The maximum Gasteiger partial charge on any atom is 0.409 e. The van der Waals surface area contributed by atoms with Crippen molar-refractivity contribution in [1.29, 1.82) is 0 Å². The molecule has 2 aromatic rings. The number of aliphatic hydroxyl groups excluding tert-OH is 1. The van der Waals surface area contributed by atoms with Crippen LogP contribution in [0.1, 0.15) is 17.2 Å². The fourth-order valence-electron chi connectivity index (χ4n) is 2.23. The number of carbonyl (C=O) groups is 1. The number of methoxy groups -OCH3 is 1. The van der Waals surface area contributed by atoms with Gasteiger partial charge in [-0.25, -0.2) is 4.79 Å². The van der Waals surface area contributed by atoms with Crippen molar-refractivity contribution in [1.82, 2.24) is 9.88 Å². The summed E-state index contributed by atoms with van der Waals surface area (Å²) in [5.41, 5.74) is 1.58. The number of halogens is 2. The van der Waals surface area contributed by atoms with Gasteiger partial charge in [0, 0.05) is 24.5 Å². The van der Waals surface area contributed by atoms with Crippen molar-refractivity contribution >= 4 is 29.3 Å². The van der Waals surface area contributed by atoms with Crippen molar-refractivity contribution in [3.8, 4) is 0 Å². The zero-order valence-electron chi connectivity index (χ0n) is 13.2. The first-order chi connectivity index (χ1) is 11.5. The Morgan fingerprint density at radius 2 is 2.12 bits per heavy atom. The topological polar surface area (TPSA) is 62.7 Å². The fourth-order valence-corrected chi connectivity index (χ4v) is 2.55. The molecule has 1 heterocycles. The molecule has 128 valence electrons. The van der Waals surface area contributed by atoms with E-state index in [9.17, 15) is 9.90 Å². The van der Waals surface area contributed by atoms with E-state index in [0.717, 1.165) is 5.56 Å². The maximum absolute atomic E-state index is 12.0. The molecule has 5 nitrogen and oxygen atoms in total. The SMILES string of the molecule is COC(=O)N(CCc1ccc(Cl)c(Cl)c1)CC(O)c1cccnc1. The lowest BCUT2D eigenvalue weighted by Crippen LogP contribution is -2.36. The Balaban J connectivity index is 2.02. The third-order valence-corrected chi connectivity index (χ3v) is 4.29. The van der Waals surface area contributed by atoms with Gasteiger partial charge in [0.1, 0.15) is 0 Å². The largest absolute Gasteiger partial charge is 0.453 e. The lowest BCUT2D eigenvalue weighted by molar-refractivity contribution is 0.0857. The molecular formula is C17H18Cl2N2O3. The molecule has 1 unspecified atom stereocenters. The minimum atomic E-state index is -0.841. The van der Waals surface area contributed by atoms with Crippen LogP contribution in [0.2, 0.25) is 10.0 Å². The van der Waals surface area contributed by atoms with Crippen molar-refractivity contribution < 1.29 is 14.6 Å². The first kappa shape index (κ1) is 18.5. The van der Waals surface area contributed by atoms with Gasteiger partial charge in [0.25, 0.3) is 0 Å². The van der Waals surface area contributed by atoms with Crippen LogP contribution in [-0.2, 0) is 11.2 Å². The molecule has 0 saturated carbocycles. The molecule has 1 atom stereocenters. The van der Waals surface area contributed by atoms with E-state index in [1.807, 2.05) is 6.07 Å². The van der Waals surface area contributed by atoms with Gasteiger partial charge in [-0.05, 0) is 30.2 Å². The number of amides is 1. The highest BCUT2D eigenvalue weighted by Crippen LogP contribution is 2.23. The minimum absolute atomic E-state index is 0.111. The smallest absolute Gasteiger partial charge is 0.409 e. The van der Waals surface area contributed by atoms with Crippen molar-refractivity contribution in [2.24, 2.45) is 0 Å². The Morgan fingerprint density at radius 3 is 2.75 bits per heavy atom. The van der Waals surface area contributed by atoms with Gasteiger partial charge in [0.15, 0.2) is 0 Å². The highest BCUT2D eigenvalue weighted by molar-refractivity contribution is 6.42. The van der Waals surface area contributed by atoms with Gasteiger partial charge in [0.05, 0.1) is 29.8 Å². The van der Waals surface area contributed by atoms with Crippen LogP contribution in [0.4, 0.5) is 4.79 Å². The van der Waals surface area contributed by atoms with Gasteiger partial charge in [0.2, 0.25) is 0 Å². The molecule has 0 saturated heterocycles. The Labute approximate surface area is 150 Å². The van der Waals surface area contributed by atoms with E-state index in [2.05, 4.69) is 4.98 Å². The summed E-state index contributed by atoms with van der Waals surface area (Å²) in [7, 11) is 1.31. The van der Waals surface area contributed by atoms with E-state index in [-0.39, 0.29) is 6.54 Å². The van der Waals surface area contributed by atoms with Crippen LogP contribution >= 0.6 is 23.2 Å². The monoisotopic (exact) mass is 368 g/mol. The number of benzene rings is 1. The molecule has 0 bridgehead atoms. The van der Waals surface area contributed by atoms with Crippen molar-refractivity contribution in [3.63, 3.8) is 0 Å². The number of rotatable bonds is 6. The van der Waals surface area contributed by atoms with Crippen LogP contribution < -0.4 is 0 Å². The Bertz CT molecular complexity index is 683. The predicted octanol–water partition coefficient (Wildman–Crippen LogP) is 3.73. The second-order valence-corrected chi connectivity index (χ2v) is 6.03. The number of ether oxygens (including phenoxy) is 1. The lowest BCUT2D eigenvalue weighted by Gasteiger charge is -2.24. The molecule has 24 heavy (non-hydrogen) atoms. The highest BCUT2D eigenvalue weighted by atomic mass is 35.5. The van der Waals surface area contributed by atoms with Crippen LogP contribution in [0, 0.1) is 0 Å². The summed E-state index contributed by atoms with van der Waals surface area (Å²) in [6.07, 6.45) is 2.41. The number of aromatic nitrogens is 1. The molecule has 2 rings (SSSR count). The first-order valence-corrected chi connectivity index (χ1v) is 8.11. The Hall–Kier alpha value is -1.82. The third-order valence-electron chi connectivity index (χ3n) is 3.55. The number of hydrogen-bond acceptors (Lipinski definition) is 4. The van der Waals surface area contributed by atoms with Crippen molar-refractivity contribution in [2.75, 3.05) is 20.2 Å². The highest BCUT2D eigenvalue weighted by Gasteiger charge is 2.19. The van der Waals surface area contributed by atoms with E-state index in [0.29, 0.717) is 28.6 Å². The van der Waals surface area contributed by atoms with Crippen molar-refractivity contribution in [3.05, 3.63) is 63.9 Å². The maximum atomic E-state index is 12.0. The minimum Gasteiger partial charge on any atom is -0.453 e. The summed E-state index contributed by atoms with van der Waals surface area (Å²) < 4.78 is 4.79. The second kappa shape index (κ2) is 8.87. The number of carbonyl (C=O) groups excluding carboxylic acids is 1. The molecular weight excluding hydrogens is 351 g/mol. The quantitative estimate of drug-likeness (QED) is 0.843. The van der Waals surface area contributed by atoms with Gasteiger partial charge >= 0.3 is 6.09 Å². The fraction of sp³-hybridized carbons (Fsp3) is 0.294. The Kier molecular flexibility index (Phi) is 6.85. The Morgan fingerprint density at radius 1 is 1.33 bits per heavy atom. The van der Waals surface area contributed by atoms with Crippen LogP contribution in [0.3, 0.4) is 0 Å². The summed E-state index contributed by atoms with van der Waals surface area (Å²) >= 11 is 11.9. The zero-order valence-corrected chi connectivity index (χ0v) is 14.7. The standard InChI is InChI=1S/C17H18Cl2N2O3/c1-24-17(23)21(11-16(22)13-3-2-7-20-10-13)8-6-12-4-5-14(18)15(19)9-12/h2-5,7,9-10,16,22H,6,8,11H2,1H3. The van der Waals surface area contributed by atoms with Gasteiger partial charge in [-0.1, -0.05) is 35.3 Å². The second-order valence-electron chi connectivity index (χ2n) is 5.22. The molecule has 0 radical (unpaired) electrons. The summed E-state index contributed by atoms with van der Waals surface area (Å²) in [6, 6.07) is 8.81. The average Bonchev–Trinajstić information content (AvgIpc) is 2.61. The molecule has 1 aromatic heterocycles. The molecule has 0 aliphatic rings. The van der Waals surface area contributed by atoms with Gasteiger partial charge < -0.3 is 14.7 Å². The molecule has 7 heteroatoms. The van der Waals surface area contributed by atoms with E-state index in [1.165, 1.54) is 12.0 Å². The summed E-state index contributed by atoms with van der Waals surface area (Å²) in [6.45, 7) is 0.488. The summed E-state index contributed by atoms with van der Waals surface area (Å²) in [5.74, 6) is 0. The van der Waals surface area contributed by atoms with Crippen molar-refractivity contribution in [2.45, 2.75) is 12.5 Å². The molecule has 1 aromatic carbocycles. The normalized spacial score (nSPS) is 11.8. The van der Waals surface area contributed by atoms with Crippen LogP contribution in [-0.4, -0.2) is 41.3 Å². The van der Waals surface area contributed by atoms with E-state index in [4.69, 9.17) is 27.9 Å². The number of hydrogen-bond donors (Lipinski definition) is 1. The average molecular weight is 369 g/mol. The van der Waals surface area contributed by atoms with Crippen LogP contribution in [0.5, 0.6) is 0 Å².